The Labute approximate surface area is 127 Å². The molecule has 3 aromatic rings. The number of nitrogens with two attached hydrogens (primary N) is 1. The molecule has 21 heavy (non-hydrogen) atoms. The summed E-state index contributed by atoms with van der Waals surface area (Å²) in [6, 6.07) is 2.43. The number of anilines is 1. The number of aromatic nitrogens is 4. The van der Waals surface area contributed by atoms with Crippen LogP contribution in [0.5, 0.6) is 0 Å². The first-order chi connectivity index (χ1) is 10.1. The van der Waals surface area contributed by atoms with Gasteiger partial charge in [0.15, 0.2) is 5.13 Å². The summed E-state index contributed by atoms with van der Waals surface area (Å²) >= 11 is 1.50. The maximum Gasteiger partial charge on any atom is 0.180 e. The molecule has 0 amide bonds. The van der Waals surface area contributed by atoms with Gasteiger partial charge in [0.25, 0.3) is 0 Å². The largest absolute Gasteiger partial charge is 0.375 e. The first-order valence-electron chi connectivity index (χ1n) is 7.16. The van der Waals surface area contributed by atoms with Gasteiger partial charge in [-0.1, -0.05) is 0 Å². The molecule has 110 valence electrons. The van der Waals surface area contributed by atoms with E-state index in [0.29, 0.717) is 11.2 Å². The van der Waals surface area contributed by atoms with Gasteiger partial charge in [-0.3, -0.25) is 4.98 Å². The first-order valence-corrected chi connectivity index (χ1v) is 8.04. The van der Waals surface area contributed by atoms with Crippen molar-refractivity contribution in [1.29, 1.82) is 0 Å². The lowest BCUT2D eigenvalue weighted by Gasteiger charge is -2.12. The quantitative estimate of drug-likeness (QED) is 0.785. The van der Waals surface area contributed by atoms with Crippen LogP contribution >= 0.6 is 11.3 Å². The molecule has 3 aromatic heterocycles. The highest BCUT2D eigenvalue weighted by Crippen LogP contribution is 2.21. The van der Waals surface area contributed by atoms with Crippen molar-refractivity contribution in [3.63, 3.8) is 0 Å². The second kappa shape index (κ2) is 5.81. The van der Waals surface area contributed by atoms with Crippen LogP contribution < -0.4 is 5.73 Å². The van der Waals surface area contributed by atoms with Gasteiger partial charge in [-0.2, -0.15) is 0 Å². The fourth-order valence-corrected chi connectivity index (χ4v) is 3.22. The molecule has 0 radical (unpaired) electrons. The van der Waals surface area contributed by atoms with E-state index in [9.17, 15) is 0 Å². The Kier molecular flexibility index (Phi) is 3.88. The summed E-state index contributed by atoms with van der Waals surface area (Å²) in [6.07, 6.45) is 6.55. The van der Waals surface area contributed by atoms with Crippen molar-refractivity contribution in [3.05, 3.63) is 35.4 Å². The summed E-state index contributed by atoms with van der Waals surface area (Å²) in [6.45, 7) is 4.37. The number of aryl methyl sites for hydroxylation is 2. The Bertz CT molecular complexity index is 743. The molecule has 5 nitrogen and oxygen atoms in total. The Hall–Kier alpha value is -1.95. The van der Waals surface area contributed by atoms with Crippen molar-refractivity contribution < 1.29 is 0 Å². The Morgan fingerprint density at radius 1 is 1.29 bits per heavy atom. The van der Waals surface area contributed by atoms with E-state index in [1.807, 2.05) is 23.8 Å². The van der Waals surface area contributed by atoms with Crippen LogP contribution in [-0.4, -0.2) is 19.5 Å². The molecule has 0 aromatic carbocycles. The second-order valence-electron chi connectivity index (χ2n) is 5.39. The Morgan fingerprint density at radius 3 is 2.86 bits per heavy atom. The molecule has 0 aliphatic heterocycles. The molecule has 0 unspecified atom stereocenters. The molecular formula is C15H19N5S. The van der Waals surface area contributed by atoms with Crippen molar-refractivity contribution in [1.82, 2.24) is 19.5 Å². The van der Waals surface area contributed by atoms with Gasteiger partial charge in [-0.05, 0) is 32.8 Å². The summed E-state index contributed by atoms with van der Waals surface area (Å²) in [5.74, 6) is 1.12. The number of nitrogens with zero attached hydrogens (tertiary/aromatic N) is 4. The third-order valence-electron chi connectivity index (χ3n) is 3.48. The maximum atomic E-state index is 5.66. The number of thiazole rings is 1. The smallest absolute Gasteiger partial charge is 0.180 e. The first kappa shape index (κ1) is 14.0. The van der Waals surface area contributed by atoms with Crippen molar-refractivity contribution in [2.75, 3.05) is 5.73 Å². The Balaban J connectivity index is 1.78. The SMILES string of the molecule is CC(C)n1c(CCCc2csc(N)n2)nc2cnccc21. The minimum atomic E-state index is 0.391. The number of hydrogen-bond donors (Lipinski definition) is 1. The number of fused-ring (bicyclic) bond motifs is 1. The minimum absolute atomic E-state index is 0.391. The fraction of sp³-hybridized carbons (Fsp3) is 0.400. The minimum Gasteiger partial charge on any atom is -0.375 e. The molecule has 6 heteroatoms. The number of pyridine rings is 1. The highest BCUT2D eigenvalue weighted by Gasteiger charge is 2.13. The standard InChI is InChI=1S/C15H19N5S/c1-10(2)20-13-6-7-17-8-12(13)19-14(20)5-3-4-11-9-21-15(16)18-11/h6-10H,3-5H2,1-2H3,(H2,16,18). The number of rotatable bonds is 5. The lowest BCUT2D eigenvalue weighted by atomic mass is 10.2. The van der Waals surface area contributed by atoms with Crippen LogP contribution in [0.2, 0.25) is 0 Å². The van der Waals surface area contributed by atoms with Crippen molar-refractivity contribution in [3.8, 4) is 0 Å². The van der Waals surface area contributed by atoms with E-state index in [1.54, 1.807) is 0 Å². The van der Waals surface area contributed by atoms with Gasteiger partial charge < -0.3 is 10.3 Å². The zero-order valence-corrected chi connectivity index (χ0v) is 13.1. The van der Waals surface area contributed by atoms with Crippen LogP contribution in [0.1, 0.15) is 37.8 Å². The Morgan fingerprint density at radius 2 is 2.14 bits per heavy atom. The van der Waals surface area contributed by atoms with E-state index in [0.717, 1.165) is 41.8 Å². The van der Waals surface area contributed by atoms with E-state index in [2.05, 4.69) is 28.4 Å². The third-order valence-corrected chi connectivity index (χ3v) is 4.21. The monoisotopic (exact) mass is 301 g/mol. The van der Waals surface area contributed by atoms with Gasteiger partial charge in [-0.15, -0.1) is 11.3 Å². The van der Waals surface area contributed by atoms with Crippen molar-refractivity contribution in [2.24, 2.45) is 0 Å². The van der Waals surface area contributed by atoms with Gasteiger partial charge in [-0.25, -0.2) is 9.97 Å². The molecule has 0 aliphatic carbocycles. The number of nitrogen functional groups attached to an aromatic ring is 1. The van der Waals surface area contributed by atoms with Gasteiger partial charge in [0.05, 0.1) is 17.4 Å². The van der Waals surface area contributed by atoms with E-state index in [4.69, 9.17) is 10.7 Å². The van der Waals surface area contributed by atoms with Crippen LogP contribution in [0.4, 0.5) is 5.13 Å². The molecule has 2 N–H and O–H groups in total. The van der Waals surface area contributed by atoms with Gasteiger partial charge >= 0.3 is 0 Å². The fourth-order valence-electron chi connectivity index (χ4n) is 2.62. The summed E-state index contributed by atoms with van der Waals surface area (Å²) in [7, 11) is 0. The topological polar surface area (TPSA) is 69.6 Å². The van der Waals surface area contributed by atoms with Gasteiger partial charge in [0.1, 0.15) is 11.3 Å². The van der Waals surface area contributed by atoms with E-state index < -0.39 is 0 Å². The molecule has 0 saturated carbocycles. The molecule has 0 bridgehead atoms. The number of hydrogen-bond acceptors (Lipinski definition) is 5. The lowest BCUT2D eigenvalue weighted by molar-refractivity contribution is 0.575. The summed E-state index contributed by atoms with van der Waals surface area (Å²) in [5.41, 5.74) is 8.87. The lowest BCUT2D eigenvalue weighted by Crippen LogP contribution is -2.07. The zero-order chi connectivity index (χ0) is 14.8. The molecule has 0 saturated heterocycles. The normalized spacial score (nSPS) is 11.6. The molecular weight excluding hydrogens is 282 g/mol. The molecule has 0 fully saturated rings. The molecule has 3 heterocycles. The van der Waals surface area contributed by atoms with Crippen LogP contribution in [0.3, 0.4) is 0 Å². The summed E-state index contributed by atoms with van der Waals surface area (Å²) < 4.78 is 2.30. The average Bonchev–Trinajstić information content (AvgIpc) is 3.02. The van der Waals surface area contributed by atoms with Crippen LogP contribution in [0.15, 0.2) is 23.8 Å². The highest BCUT2D eigenvalue weighted by molar-refractivity contribution is 7.13. The molecule has 0 aliphatic rings. The van der Waals surface area contributed by atoms with E-state index in [-0.39, 0.29) is 0 Å². The van der Waals surface area contributed by atoms with Crippen molar-refractivity contribution in [2.45, 2.75) is 39.2 Å². The summed E-state index contributed by atoms with van der Waals surface area (Å²) in [5, 5.41) is 2.68. The summed E-state index contributed by atoms with van der Waals surface area (Å²) in [4.78, 5) is 13.2. The number of imidazole rings is 1. The van der Waals surface area contributed by atoms with E-state index >= 15 is 0 Å². The zero-order valence-electron chi connectivity index (χ0n) is 12.3. The second-order valence-corrected chi connectivity index (χ2v) is 6.28. The molecule has 0 atom stereocenters. The van der Waals surface area contributed by atoms with Crippen LogP contribution in [0.25, 0.3) is 11.0 Å². The van der Waals surface area contributed by atoms with Crippen LogP contribution in [-0.2, 0) is 12.8 Å². The predicted octanol–water partition coefficient (Wildman–Crippen LogP) is 3.23. The van der Waals surface area contributed by atoms with E-state index in [1.165, 1.54) is 11.3 Å². The average molecular weight is 301 g/mol. The van der Waals surface area contributed by atoms with Crippen molar-refractivity contribution >= 4 is 27.5 Å². The molecule has 0 spiro atoms. The van der Waals surface area contributed by atoms with Gasteiger partial charge in [0, 0.05) is 24.0 Å². The third kappa shape index (κ3) is 2.90. The van der Waals surface area contributed by atoms with Gasteiger partial charge in [0.2, 0.25) is 0 Å². The highest BCUT2D eigenvalue weighted by atomic mass is 32.1. The predicted molar refractivity (Wildman–Crippen MR) is 86.5 cm³/mol. The van der Waals surface area contributed by atoms with Crippen LogP contribution in [0, 0.1) is 0 Å². The maximum absolute atomic E-state index is 5.66. The molecule has 3 rings (SSSR count).